The highest BCUT2D eigenvalue weighted by atomic mass is 19.1. The highest BCUT2D eigenvalue weighted by Gasteiger charge is 2.18. The summed E-state index contributed by atoms with van der Waals surface area (Å²) < 4.78 is 27.3. The van der Waals surface area contributed by atoms with Crippen molar-refractivity contribution in [3.8, 4) is 11.4 Å². The number of hydrogen-bond donors (Lipinski definition) is 4. The van der Waals surface area contributed by atoms with E-state index >= 15 is 0 Å². The van der Waals surface area contributed by atoms with Crippen LogP contribution in [-0.4, -0.2) is 20.9 Å². The molecule has 9 heteroatoms. The van der Waals surface area contributed by atoms with Gasteiger partial charge in [-0.25, -0.2) is 13.8 Å². The van der Waals surface area contributed by atoms with Gasteiger partial charge in [-0.1, -0.05) is 36.4 Å². The minimum atomic E-state index is -0.970. The minimum Gasteiger partial charge on any atom is -0.380 e. The van der Waals surface area contributed by atoms with E-state index in [1.54, 1.807) is 30.5 Å². The van der Waals surface area contributed by atoms with Crippen molar-refractivity contribution in [2.45, 2.75) is 6.54 Å². The van der Waals surface area contributed by atoms with Gasteiger partial charge >= 0.3 is 0 Å². The molecule has 0 aliphatic carbocycles. The zero-order chi connectivity index (χ0) is 24.4. The van der Waals surface area contributed by atoms with Crippen molar-refractivity contribution >= 4 is 28.3 Å². The van der Waals surface area contributed by atoms with Crippen LogP contribution in [-0.2, 0) is 6.54 Å². The number of nitrogens with zero attached hydrogens (tertiary/aromatic N) is 1. The Morgan fingerprint density at radius 3 is 2.57 bits per heavy atom. The van der Waals surface area contributed by atoms with E-state index in [0.29, 0.717) is 46.4 Å². The molecule has 3 aromatic carbocycles. The fourth-order valence-electron chi connectivity index (χ4n) is 3.77. The number of anilines is 2. The summed E-state index contributed by atoms with van der Waals surface area (Å²) in [5.41, 5.74) is 2.54. The number of nitrogens with one attached hydrogen (secondary N) is 4. The molecule has 0 spiro atoms. The quantitative estimate of drug-likeness (QED) is 0.278. The van der Waals surface area contributed by atoms with Crippen LogP contribution in [0, 0.1) is 11.6 Å². The Morgan fingerprint density at radius 1 is 0.943 bits per heavy atom. The lowest BCUT2D eigenvalue weighted by Gasteiger charge is -2.10. The van der Waals surface area contributed by atoms with Gasteiger partial charge in [0, 0.05) is 18.8 Å². The van der Waals surface area contributed by atoms with Gasteiger partial charge in [-0.2, -0.15) is 0 Å². The monoisotopic (exact) mass is 471 g/mol. The van der Waals surface area contributed by atoms with E-state index in [2.05, 4.69) is 25.6 Å². The van der Waals surface area contributed by atoms with Crippen molar-refractivity contribution < 1.29 is 13.6 Å². The van der Waals surface area contributed by atoms with E-state index in [0.717, 1.165) is 17.7 Å². The molecule has 0 aliphatic rings. The molecular formula is C26H19F2N5O2. The molecule has 2 aromatic heterocycles. The van der Waals surface area contributed by atoms with Crippen LogP contribution < -0.4 is 16.2 Å². The van der Waals surface area contributed by atoms with E-state index in [9.17, 15) is 18.4 Å². The molecule has 174 valence electrons. The smallest absolute Gasteiger partial charge is 0.261 e. The first-order chi connectivity index (χ1) is 17.0. The molecule has 0 fully saturated rings. The van der Waals surface area contributed by atoms with E-state index in [1.807, 2.05) is 30.3 Å². The summed E-state index contributed by atoms with van der Waals surface area (Å²) in [5, 5.41) is 5.89. The Labute approximate surface area is 197 Å². The molecule has 7 nitrogen and oxygen atoms in total. The standard InChI is InChI=1S/C26H19F2N5O2/c27-16-9-10-17(18(28)13-16)25(34)32-21-8-4-7-20-23(21)33-24(31-20)22-19(11-12-29-26(22)35)30-14-15-5-2-1-3-6-15/h1-13H,14H2,(H,31,33)(H,32,34)(H2,29,30,35). The number of halogens is 2. The van der Waals surface area contributed by atoms with Crippen molar-refractivity contribution in [1.82, 2.24) is 15.0 Å². The molecule has 1 amide bonds. The van der Waals surface area contributed by atoms with Crippen molar-refractivity contribution in [2.75, 3.05) is 10.6 Å². The van der Waals surface area contributed by atoms with Crippen LogP contribution in [0.1, 0.15) is 15.9 Å². The number of amides is 1. The summed E-state index contributed by atoms with van der Waals surface area (Å²) in [7, 11) is 0. The number of aromatic nitrogens is 3. The second-order valence-electron chi connectivity index (χ2n) is 7.80. The number of fused-ring (bicyclic) bond motifs is 1. The minimum absolute atomic E-state index is 0.298. The van der Waals surface area contributed by atoms with Crippen molar-refractivity contribution in [2.24, 2.45) is 0 Å². The van der Waals surface area contributed by atoms with Gasteiger partial charge in [0.1, 0.15) is 28.5 Å². The average molecular weight is 471 g/mol. The van der Waals surface area contributed by atoms with Crippen LogP contribution >= 0.6 is 0 Å². The summed E-state index contributed by atoms with van der Waals surface area (Å²) in [4.78, 5) is 35.7. The summed E-state index contributed by atoms with van der Waals surface area (Å²) in [6, 6.07) is 19.2. The molecule has 2 heterocycles. The molecule has 4 N–H and O–H groups in total. The fourth-order valence-corrected chi connectivity index (χ4v) is 3.77. The Morgan fingerprint density at radius 2 is 1.77 bits per heavy atom. The van der Waals surface area contributed by atoms with Crippen LogP contribution in [0.3, 0.4) is 0 Å². The number of H-pyrrole nitrogens is 2. The van der Waals surface area contributed by atoms with Gasteiger partial charge in [0.05, 0.1) is 22.5 Å². The largest absolute Gasteiger partial charge is 0.380 e. The Hall–Kier alpha value is -4.79. The van der Waals surface area contributed by atoms with Crippen LogP contribution in [0.5, 0.6) is 0 Å². The molecule has 0 radical (unpaired) electrons. The third-order valence-electron chi connectivity index (χ3n) is 5.46. The molecule has 5 aromatic rings. The normalized spacial score (nSPS) is 10.9. The second-order valence-corrected chi connectivity index (χ2v) is 7.80. The summed E-state index contributed by atoms with van der Waals surface area (Å²) >= 11 is 0. The molecule has 0 atom stereocenters. The van der Waals surface area contributed by atoms with Gasteiger partial charge in [0.25, 0.3) is 11.5 Å². The van der Waals surface area contributed by atoms with Gasteiger partial charge in [0.15, 0.2) is 0 Å². The molecule has 35 heavy (non-hydrogen) atoms. The molecule has 0 bridgehead atoms. The zero-order valence-corrected chi connectivity index (χ0v) is 18.2. The van der Waals surface area contributed by atoms with Gasteiger partial charge in [-0.3, -0.25) is 9.59 Å². The molecule has 0 aliphatic heterocycles. The maximum atomic E-state index is 14.1. The van der Waals surface area contributed by atoms with Crippen molar-refractivity contribution in [1.29, 1.82) is 0 Å². The summed E-state index contributed by atoms with van der Waals surface area (Å²) in [6.07, 6.45) is 1.55. The highest BCUT2D eigenvalue weighted by molar-refractivity contribution is 6.08. The van der Waals surface area contributed by atoms with Gasteiger partial charge < -0.3 is 20.6 Å². The van der Waals surface area contributed by atoms with E-state index in [-0.39, 0.29) is 11.1 Å². The van der Waals surface area contributed by atoms with Crippen LogP contribution in [0.25, 0.3) is 22.4 Å². The summed E-state index contributed by atoms with van der Waals surface area (Å²) in [6.45, 7) is 0.502. The van der Waals surface area contributed by atoms with Crippen LogP contribution in [0.15, 0.2) is 83.8 Å². The molecule has 5 rings (SSSR count). The number of imidazole rings is 1. The number of carbonyl (C=O) groups excluding carboxylic acids is 1. The predicted octanol–water partition coefficient (Wildman–Crippen LogP) is 5.06. The number of carbonyl (C=O) groups is 1. The van der Waals surface area contributed by atoms with Gasteiger partial charge in [-0.05, 0) is 35.9 Å². The second kappa shape index (κ2) is 9.22. The Bertz CT molecular complexity index is 1590. The van der Waals surface area contributed by atoms with Gasteiger partial charge in [-0.15, -0.1) is 0 Å². The summed E-state index contributed by atoms with van der Waals surface area (Å²) in [5.74, 6) is -2.19. The number of aromatic amines is 2. The topological polar surface area (TPSA) is 103 Å². The molecule has 0 saturated carbocycles. The molecular weight excluding hydrogens is 452 g/mol. The SMILES string of the molecule is O=C(Nc1cccc2[nH]c(-c3c(NCc4ccccc4)cc[nH]c3=O)nc12)c1ccc(F)cc1F. The lowest BCUT2D eigenvalue weighted by Crippen LogP contribution is -2.14. The first kappa shape index (κ1) is 22.0. The average Bonchev–Trinajstić information content (AvgIpc) is 3.28. The number of rotatable bonds is 6. The zero-order valence-electron chi connectivity index (χ0n) is 18.2. The maximum Gasteiger partial charge on any atom is 0.261 e. The van der Waals surface area contributed by atoms with Gasteiger partial charge in [0.2, 0.25) is 0 Å². The first-order valence-electron chi connectivity index (χ1n) is 10.7. The molecule has 0 saturated heterocycles. The van der Waals surface area contributed by atoms with Crippen molar-refractivity contribution in [3.05, 3.63) is 112 Å². The predicted molar refractivity (Wildman–Crippen MR) is 130 cm³/mol. The number of hydrogen-bond acceptors (Lipinski definition) is 4. The van der Waals surface area contributed by atoms with Crippen LogP contribution in [0.4, 0.5) is 20.2 Å². The lowest BCUT2D eigenvalue weighted by molar-refractivity contribution is 0.102. The number of benzene rings is 3. The third kappa shape index (κ3) is 4.51. The third-order valence-corrected chi connectivity index (χ3v) is 5.46. The number of para-hydroxylation sites is 1. The van der Waals surface area contributed by atoms with Crippen LogP contribution in [0.2, 0.25) is 0 Å². The first-order valence-corrected chi connectivity index (χ1v) is 10.7. The number of pyridine rings is 1. The molecule has 0 unspecified atom stereocenters. The highest BCUT2D eigenvalue weighted by Crippen LogP contribution is 2.28. The maximum absolute atomic E-state index is 14.1. The lowest BCUT2D eigenvalue weighted by atomic mass is 10.2. The van der Waals surface area contributed by atoms with E-state index in [1.165, 1.54) is 0 Å². The fraction of sp³-hybridized carbons (Fsp3) is 0.0385. The van der Waals surface area contributed by atoms with Crippen molar-refractivity contribution in [3.63, 3.8) is 0 Å². The van der Waals surface area contributed by atoms with E-state index in [4.69, 9.17) is 0 Å². The van der Waals surface area contributed by atoms with E-state index < -0.39 is 17.5 Å². The Kier molecular flexibility index (Phi) is 5.80. The Balaban J connectivity index is 1.49.